The van der Waals surface area contributed by atoms with Gasteiger partial charge < -0.3 is 14.8 Å². The van der Waals surface area contributed by atoms with Gasteiger partial charge in [0.15, 0.2) is 5.96 Å². The molecule has 0 aromatic carbocycles. The summed E-state index contributed by atoms with van der Waals surface area (Å²) in [6.07, 6.45) is 6.70. The van der Waals surface area contributed by atoms with Crippen molar-refractivity contribution in [3.63, 3.8) is 0 Å². The fraction of sp³-hybridized carbons (Fsp3) is 0.824. The molecule has 24 heavy (non-hydrogen) atoms. The average molecular weight is 333 g/mol. The normalized spacial score (nSPS) is 22.5. The molecule has 0 radical (unpaired) electrons. The highest BCUT2D eigenvalue weighted by molar-refractivity contribution is 5.80. The Hall–Kier alpha value is -1.63. The molecule has 1 unspecified atom stereocenters. The van der Waals surface area contributed by atoms with E-state index in [-0.39, 0.29) is 0 Å². The van der Waals surface area contributed by atoms with Crippen molar-refractivity contribution in [1.82, 2.24) is 29.9 Å². The molecule has 2 aliphatic heterocycles. The van der Waals surface area contributed by atoms with Crippen molar-refractivity contribution >= 4 is 5.96 Å². The third-order valence-corrected chi connectivity index (χ3v) is 5.07. The molecule has 0 amide bonds. The minimum absolute atomic E-state index is 0.709. The summed E-state index contributed by atoms with van der Waals surface area (Å²) in [6, 6.07) is 0.709. The van der Waals surface area contributed by atoms with Gasteiger partial charge in [0.2, 0.25) is 0 Å². The number of nitrogens with zero attached hydrogens (tertiary/aromatic N) is 6. The van der Waals surface area contributed by atoms with E-state index in [2.05, 4.69) is 43.7 Å². The van der Waals surface area contributed by atoms with E-state index in [0.29, 0.717) is 6.04 Å². The largest absolute Gasteiger partial charge is 0.357 e. The molecule has 7 heteroatoms. The van der Waals surface area contributed by atoms with E-state index in [0.717, 1.165) is 50.9 Å². The van der Waals surface area contributed by atoms with E-state index in [9.17, 15) is 0 Å². The molecule has 3 heterocycles. The molecule has 0 bridgehead atoms. The zero-order chi connectivity index (χ0) is 16.8. The van der Waals surface area contributed by atoms with Gasteiger partial charge in [-0.25, -0.2) is 0 Å². The van der Waals surface area contributed by atoms with Gasteiger partial charge in [0.05, 0.1) is 6.54 Å². The molecule has 1 aromatic rings. The number of rotatable bonds is 6. The van der Waals surface area contributed by atoms with Gasteiger partial charge in [-0.05, 0) is 39.3 Å². The van der Waals surface area contributed by atoms with Crippen molar-refractivity contribution in [3.05, 3.63) is 12.2 Å². The Morgan fingerprint density at radius 1 is 1.29 bits per heavy atom. The van der Waals surface area contributed by atoms with E-state index >= 15 is 0 Å². The van der Waals surface area contributed by atoms with Crippen LogP contribution in [0.3, 0.4) is 0 Å². The Balaban J connectivity index is 1.55. The fourth-order valence-corrected chi connectivity index (χ4v) is 3.77. The molecule has 1 aromatic heterocycles. The van der Waals surface area contributed by atoms with Crippen LogP contribution in [0.2, 0.25) is 0 Å². The molecule has 2 fully saturated rings. The lowest BCUT2D eigenvalue weighted by atomic mass is 10.2. The molecule has 2 aliphatic rings. The van der Waals surface area contributed by atoms with Gasteiger partial charge in [-0.3, -0.25) is 9.89 Å². The lowest BCUT2D eigenvalue weighted by Crippen LogP contribution is -2.42. The van der Waals surface area contributed by atoms with Gasteiger partial charge >= 0.3 is 0 Å². The maximum absolute atomic E-state index is 4.84. The summed E-state index contributed by atoms with van der Waals surface area (Å²) in [5.41, 5.74) is 0. The molecular formula is C17H31N7. The van der Waals surface area contributed by atoms with Crippen molar-refractivity contribution in [1.29, 1.82) is 0 Å². The van der Waals surface area contributed by atoms with Crippen molar-refractivity contribution in [3.8, 4) is 0 Å². The molecular weight excluding hydrogens is 302 g/mol. The first-order valence-corrected chi connectivity index (χ1v) is 9.45. The maximum Gasteiger partial charge on any atom is 0.194 e. The van der Waals surface area contributed by atoms with E-state index in [1.54, 1.807) is 6.33 Å². The standard InChI is InChI=1S/C17H31N7/c1-3-16-21-20-14-24(16)12-8-19-17(18-4-2)23-11-7-15(13-23)22-9-5-6-10-22/h14-15H,3-13H2,1-2H3,(H,18,19). The second-order valence-electron chi connectivity index (χ2n) is 6.66. The maximum atomic E-state index is 4.84. The number of hydrogen-bond acceptors (Lipinski definition) is 4. The third kappa shape index (κ3) is 4.06. The fourth-order valence-electron chi connectivity index (χ4n) is 3.77. The Labute approximate surface area is 145 Å². The Bertz CT molecular complexity index is 533. The van der Waals surface area contributed by atoms with Crippen molar-refractivity contribution < 1.29 is 0 Å². The number of nitrogens with one attached hydrogen (secondary N) is 1. The van der Waals surface area contributed by atoms with E-state index in [1.807, 2.05) is 0 Å². The summed E-state index contributed by atoms with van der Waals surface area (Å²) in [5.74, 6) is 2.09. The van der Waals surface area contributed by atoms with Crippen LogP contribution in [0.25, 0.3) is 0 Å². The van der Waals surface area contributed by atoms with Crippen LogP contribution in [-0.2, 0) is 13.0 Å². The smallest absolute Gasteiger partial charge is 0.194 e. The van der Waals surface area contributed by atoms with Crippen LogP contribution in [0.5, 0.6) is 0 Å². The van der Waals surface area contributed by atoms with Crippen LogP contribution < -0.4 is 5.32 Å². The van der Waals surface area contributed by atoms with Gasteiger partial charge in [0, 0.05) is 38.6 Å². The summed E-state index contributed by atoms with van der Waals surface area (Å²) >= 11 is 0. The van der Waals surface area contributed by atoms with Crippen LogP contribution in [0, 0.1) is 0 Å². The first-order chi connectivity index (χ1) is 11.8. The highest BCUT2D eigenvalue weighted by Gasteiger charge is 2.30. The predicted molar refractivity (Wildman–Crippen MR) is 96.2 cm³/mol. The van der Waals surface area contributed by atoms with Gasteiger partial charge in [-0.2, -0.15) is 0 Å². The van der Waals surface area contributed by atoms with Crippen LogP contribution in [0.15, 0.2) is 11.3 Å². The van der Waals surface area contributed by atoms with Gasteiger partial charge in [-0.1, -0.05) is 6.92 Å². The molecule has 2 saturated heterocycles. The minimum Gasteiger partial charge on any atom is -0.357 e. The Morgan fingerprint density at radius 3 is 2.88 bits per heavy atom. The summed E-state index contributed by atoms with van der Waals surface area (Å²) < 4.78 is 2.10. The third-order valence-electron chi connectivity index (χ3n) is 5.07. The molecule has 1 N–H and O–H groups in total. The average Bonchev–Trinajstić information content (AvgIpc) is 3.33. The molecule has 7 nitrogen and oxygen atoms in total. The van der Waals surface area contributed by atoms with Crippen LogP contribution in [-0.4, -0.2) is 75.8 Å². The zero-order valence-electron chi connectivity index (χ0n) is 15.1. The number of aliphatic imine (C=N–C) groups is 1. The van der Waals surface area contributed by atoms with Gasteiger partial charge in [0.25, 0.3) is 0 Å². The van der Waals surface area contributed by atoms with E-state index in [1.165, 1.54) is 32.4 Å². The van der Waals surface area contributed by atoms with Gasteiger partial charge in [0.1, 0.15) is 12.2 Å². The van der Waals surface area contributed by atoms with Crippen molar-refractivity contribution in [2.45, 2.75) is 52.1 Å². The quantitative estimate of drug-likeness (QED) is 0.621. The number of aromatic nitrogens is 3. The second kappa shape index (κ2) is 8.46. The summed E-state index contributed by atoms with van der Waals surface area (Å²) in [7, 11) is 0. The number of aryl methyl sites for hydroxylation is 1. The van der Waals surface area contributed by atoms with E-state index < -0.39 is 0 Å². The molecule has 134 valence electrons. The molecule has 3 rings (SSSR count). The summed E-state index contributed by atoms with van der Waals surface area (Å²) in [5, 5.41) is 11.6. The second-order valence-corrected chi connectivity index (χ2v) is 6.66. The minimum atomic E-state index is 0.709. The number of hydrogen-bond donors (Lipinski definition) is 1. The summed E-state index contributed by atoms with van der Waals surface area (Å²) in [6.45, 7) is 11.5. The topological polar surface area (TPSA) is 61.6 Å². The molecule has 0 aliphatic carbocycles. The first-order valence-electron chi connectivity index (χ1n) is 9.45. The monoisotopic (exact) mass is 333 g/mol. The lowest BCUT2D eigenvalue weighted by molar-refractivity contribution is 0.249. The Morgan fingerprint density at radius 2 is 2.12 bits per heavy atom. The predicted octanol–water partition coefficient (Wildman–Crippen LogP) is 0.976. The highest BCUT2D eigenvalue weighted by atomic mass is 15.3. The first kappa shape index (κ1) is 17.2. The van der Waals surface area contributed by atoms with E-state index in [4.69, 9.17) is 4.99 Å². The lowest BCUT2D eigenvalue weighted by Gasteiger charge is -2.25. The summed E-state index contributed by atoms with van der Waals surface area (Å²) in [4.78, 5) is 9.93. The van der Waals surface area contributed by atoms with Crippen molar-refractivity contribution in [2.24, 2.45) is 4.99 Å². The van der Waals surface area contributed by atoms with Gasteiger partial charge in [-0.15, -0.1) is 10.2 Å². The SMILES string of the molecule is CCNC(=NCCn1cnnc1CC)N1CCC(N2CCCC2)C1. The Kier molecular flexibility index (Phi) is 6.07. The molecule has 1 atom stereocenters. The van der Waals surface area contributed by atoms with Crippen LogP contribution in [0.1, 0.15) is 38.9 Å². The molecule has 0 spiro atoms. The van der Waals surface area contributed by atoms with Crippen molar-refractivity contribution in [2.75, 3.05) is 39.3 Å². The zero-order valence-corrected chi connectivity index (χ0v) is 15.1. The van der Waals surface area contributed by atoms with Crippen LogP contribution >= 0.6 is 0 Å². The highest BCUT2D eigenvalue weighted by Crippen LogP contribution is 2.20. The van der Waals surface area contributed by atoms with Crippen LogP contribution in [0.4, 0.5) is 0 Å². The number of likely N-dealkylation sites (tertiary alicyclic amines) is 2. The molecule has 0 saturated carbocycles. The number of guanidine groups is 1.